The summed E-state index contributed by atoms with van der Waals surface area (Å²) in [6, 6.07) is 24.7. The molecule has 0 radical (unpaired) electrons. The van der Waals surface area contributed by atoms with Gasteiger partial charge in [0.15, 0.2) is 0 Å². The van der Waals surface area contributed by atoms with Crippen LogP contribution in [0.1, 0.15) is 46.0 Å². The van der Waals surface area contributed by atoms with Crippen molar-refractivity contribution in [1.82, 2.24) is 0 Å². The fourth-order valence-electron chi connectivity index (χ4n) is 4.41. The van der Waals surface area contributed by atoms with Crippen molar-refractivity contribution in [2.24, 2.45) is 0 Å². The van der Waals surface area contributed by atoms with Crippen molar-refractivity contribution in [3.05, 3.63) is 97.1 Å². The molecule has 4 aromatic rings. The van der Waals surface area contributed by atoms with E-state index >= 15 is 0 Å². The number of ether oxygens (including phenoxy) is 3. The summed E-state index contributed by atoms with van der Waals surface area (Å²) in [4.78, 5) is 0.702. The zero-order valence-corrected chi connectivity index (χ0v) is 26.5. The van der Waals surface area contributed by atoms with Crippen molar-refractivity contribution in [2.75, 3.05) is 13.2 Å². The Morgan fingerprint density at radius 2 is 0.818 bits per heavy atom. The SMILES string of the molecule is CC(C)Oc1ccc(S(=O)(=O)c2ccc(OCCCCCCCOc3ccc(S(=O)(=O)c4ccc(O)cc4)cc3)cc2)cc1. The first-order valence-electron chi connectivity index (χ1n) is 14.6. The van der Waals surface area contributed by atoms with E-state index in [4.69, 9.17) is 14.2 Å². The molecular formula is C34H38O8S2. The minimum atomic E-state index is -3.66. The molecule has 0 fully saturated rings. The summed E-state index contributed by atoms with van der Waals surface area (Å²) in [5, 5.41) is 9.39. The average Bonchev–Trinajstić information content (AvgIpc) is 3.01. The van der Waals surface area contributed by atoms with E-state index < -0.39 is 19.7 Å². The number of unbranched alkanes of at least 4 members (excludes halogenated alkanes) is 4. The van der Waals surface area contributed by atoms with Gasteiger partial charge in [0, 0.05) is 0 Å². The molecule has 10 heteroatoms. The van der Waals surface area contributed by atoms with E-state index in [1.807, 2.05) is 13.8 Å². The molecule has 4 rings (SSSR count). The van der Waals surface area contributed by atoms with Crippen LogP contribution in [0.15, 0.2) is 117 Å². The van der Waals surface area contributed by atoms with E-state index in [0.29, 0.717) is 30.5 Å². The third-order valence-corrected chi connectivity index (χ3v) is 10.3. The second-order valence-corrected chi connectivity index (χ2v) is 14.4. The highest BCUT2D eigenvalue weighted by Gasteiger charge is 2.19. The number of hydrogen-bond acceptors (Lipinski definition) is 8. The summed E-state index contributed by atoms with van der Waals surface area (Å²) in [5.74, 6) is 1.87. The maximum Gasteiger partial charge on any atom is 0.206 e. The van der Waals surface area contributed by atoms with Crippen molar-refractivity contribution < 1.29 is 36.2 Å². The number of phenols is 1. The van der Waals surface area contributed by atoms with Gasteiger partial charge in [0.1, 0.15) is 23.0 Å². The quantitative estimate of drug-likeness (QED) is 0.128. The van der Waals surface area contributed by atoms with Gasteiger partial charge in [0.05, 0.1) is 38.9 Å². The second kappa shape index (κ2) is 15.1. The largest absolute Gasteiger partial charge is 0.508 e. The maximum absolute atomic E-state index is 13.0. The molecule has 0 spiro atoms. The van der Waals surface area contributed by atoms with Crippen LogP contribution in [0.5, 0.6) is 23.0 Å². The monoisotopic (exact) mass is 638 g/mol. The molecule has 0 heterocycles. The van der Waals surface area contributed by atoms with E-state index in [0.717, 1.165) is 32.1 Å². The number of aromatic hydroxyl groups is 1. The van der Waals surface area contributed by atoms with Gasteiger partial charge in [0.25, 0.3) is 0 Å². The fraction of sp³-hybridized carbons (Fsp3) is 0.294. The van der Waals surface area contributed by atoms with E-state index in [2.05, 4.69) is 0 Å². The summed E-state index contributed by atoms with van der Waals surface area (Å²) in [5.41, 5.74) is 0. The lowest BCUT2D eigenvalue weighted by molar-refractivity contribution is 0.242. The van der Waals surface area contributed by atoms with Gasteiger partial charge in [-0.1, -0.05) is 19.3 Å². The molecular weight excluding hydrogens is 601 g/mol. The molecule has 0 bridgehead atoms. The van der Waals surface area contributed by atoms with Gasteiger partial charge in [0.2, 0.25) is 19.7 Å². The van der Waals surface area contributed by atoms with Gasteiger partial charge >= 0.3 is 0 Å². The van der Waals surface area contributed by atoms with Gasteiger partial charge in [-0.15, -0.1) is 0 Å². The van der Waals surface area contributed by atoms with Crippen LogP contribution >= 0.6 is 0 Å². The Bertz CT molecular complexity index is 1680. The van der Waals surface area contributed by atoms with Crippen molar-refractivity contribution in [3.63, 3.8) is 0 Å². The predicted octanol–water partition coefficient (Wildman–Crippen LogP) is 7.25. The zero-order valence-electron chi connectivity index (χ0n) is 24.9. The van der Waals surface area contributed by atoms with Crippen LogP contribution in [0, 0.1) is 0 Å². The number of sulfone groups is 2. The van der Waals surface area contributed by atoms with Gasteiger partial charge in [-0.2, -0.15) is 0 Å². The maximum atomic E-state index is 13.0. The fourth-order valence-corrected chi connectivity index (χ4v) is 6.93. The number of hydrogen-bond donors (Lipinski definition) is 1. The molecule has 0 aromatic heterocycles. The van der Waals surface area contributed by atoms with E-state index in [1.165, 1.54) is 36.4 Å². The lowest BCUT2D eigenvalue weighted by Gasteiger charge is -2.11. The summed E-state index contributed by atoms with van der Waals surface area (Å²) in [7, 11) is -7.29. The molecule has 0 saturated carbocycles. The topological polar surface area (TPSA) is 116 Å². The zero-order chi connectivity index (χ0) is 31.6. The molecule has 1 N–H and O–H groups in total. The van der Waals surface area contributed by atoms with Gasteiger partial charge < -0.3 is 19.3 Å². The first-order chi connectivity index (χ1) is 21.1. The normalized spacial score (nSPS) is 11.8. The molecule has 0 aliphatic carbocycles. The Morgan fingerprint density at radius 3 is 1.18 bits per heavy atom. The number of phenolic OH excluding ortho intramolecular Hbond substituents is 1. The van der Waals surface area contributed by atoms with E-state index in [-0.39, 0.29) is 31.4 Å². The van der Waals surface area contributed by atoms with Crippen LogP contribution in [0.2, 0.25) is 0 Å². The molecule has 0 amide bonds. The van der Waals surface area contributed by atoms with E-state index in [9.17, 15) is 21.9 Å². The van der Waals surface area contributed by atoms with Gasteiger partial charge in [-0.3, -0.25) is 0 Å². The summed E-state index contributed by atoms with van der Waals surface area (Å²) >= 11 is 0. The van der Waals surface area contributed by atoms with Crippen molar-refractivity contribution in [1.29, 1.82) is 0 Å². The van der Waals surface area contributed by atoms with Crippen LogP contribution in [-0.2, 0) is 19.7 Å². The molecule has 44 heavy (non-hydrogen) atoms. The third kappa shape index (κ3) is 9.00. The first-order valence-corrected chi connectivity index (χ1v) is 17.5. The smallest absolute Gasteiger partial charge is 0.206 e. The van der Waals surface area contributed by atoms with Crippen LogP contribution in [-0.4, -0.2) is 41.3 Å². The average molecular weight is 639 g/mol. The lowest BCUT2D eigenvalue weighted by atomic mass is 10.1. The minimum Gasteiger partial charge on any atom is -0.508 e. The molecule has 0 aliphatic rings. The molecule has 234 valence electrons. The number of rotatable bonds is 16. The predicted molar refractivity (Wildman–Crippen MR) is 168 cm³/mol. The molecule has 0 aliphatic heterocycles. The molecule has 0 unspecified atom stereocenters. The Hall–Kier alpha value is -4.02. The number of benzene rings is 4. The van der Waals surface area contributed by atoms with Crippen molar-refractivity contribution >= 4 is 19.7 Å². The van der Waals surface area contributed by atoms with Crippen molar-refractivity contribution in [3.8, 4) is 23.0 Å². The van der Waals surface area contributed by atoms with Crippen LogP contribution < -0.4 is 14.2 Å². The molecule has 8 nitrogen and oxygen atoms in total. The van der Waals surface area contributed by atoms with Gasteiger partial charge in [-0.05, 0) is 124 Å². The minimum absolute atomic E-state index is 0.00961. The van der Waals surface area contributed by atoms with Crippen LogP contribution in [0.3, 0.4) is 0 Å². The molecule has 0 saturated heterocycles. The third-order valence-electron chi connectivity index (χ3n) is 6.75. The van der Waals surface area contributed by atoms with Gasteiger partial charge in [-0.25, -0.2) is 16.8 Å². The first kappa shape index (κ1) is 32.9. The lowest BCUT2D eigenvalue weighted by Crippen LogP contribution is -2.06. The second-order valence-electron chi connectivity index (χ2n) is 10.5. The highest BCUT2D eigenvalue weighted by atomic mass is 32.2. The Kier molecular flexibility index (Phi) is 11.3. The summed E-state index contributed by atoms with van der Waals surface area (Å²) < 4.78 is 68.5. The Balaban J connectivity index is 1.11. The Labute approximate surface area is 260 Å². The highest BCUT2D eigenvalue weighted by molar-refractivity contribution is 7.91. The van der Waals surface area contributed by atoms with Crippen LogP contribution in [0.4, 0.5) is 0 Å². The highest BCUT2D eigenvalue weighted by Crippen LogP contribution is 2.26. The van der Waals surface area contributed by atoms with Crippen molar-refractivity contribution in [2.45, 2.75) is 71.6 Å². The van der Waals surface area contributed by atoms with Crippen LogP contribution in [0.25, 0.3) is 0 Å². The molecule has 0 atom stereocenters. The Morgan fingerprint density at radius 1 is 0.500 bits per heavy atom. The summed E-state index contributed by atoms with van der Waals surface area (Å²) in [6.07, 6.45) is 4.77. The standard InChI is InChI=1S/C34H38O8S2/c1-26(2)42-30-14-22-34(23-15-30)44(38,39)33-20-12-29(13-21-33)41-25-7-5-3-4-6-24-40-28-10-18-32(19-11-28)43(36,37)31-16-8-27(35)9-17-31/h8-23,26,35H,3-7,24-25H2,1-2H3. The molecule has 4 aromatic carbocycles. The summed E-state index contributed by atoms with van der Waals surface area (Å²) in [6.45, 7) is 4.90. The van der Waals surface area contributed by atoms with E-state index in [1.54, 1.807) is 60.7 Å².